The minimum Gasteiger partial charge on any atom is -0.398 e. The molecule has 0 bridgehead atoms. The molecule has 1 fully saturated rings. The number of aryl methyl sites for hydroxylation is 1. The van der Waals surface area contributed by atoms with Crippen molar-refractivity contribution >= 4 is 11.5 Å². The molecule has 0 amide bonds. The smallest absolute Gasteiger partial charge is 0.136 e. The van der Waals surface area contributed by atoms with Crippen molar-refractivity contribution in [2.75, 3.05) is 17.2 Å². The fourth-order valence-corrected chi connectivity index (χ4v) is 5.20. The van der Waals surface area contributed by atoms with Gasteiger partial charge in [-0.3, -0.25) is 0 Å². The van der Waals surface area contributed by atoms with Crippen LogP contribution in [0.5, 0.6) is 0 Å². The quantitative estimate of drug-likeness (QED) is 0.671. The zero-order valence-corrected chi connectivity index (χ0v) is 19.6. The molecule has 31 heavy (non-hydrogen) atoms. The fraction of sp³-hybridized carbons (Fsp3) is 0.577. The van der Waals surface area contributed by atoms with Crippen molar-refractivity contribution in [3.05, 3.63) is 45.9 Å². The number of benzene rings is 1. The highest BCUT2D eigenvalue weighted by atomic mass is 15.3. The van der Waals surface area contributed by atoms with Crippen LogP contribution in [0, 0.1) is 11.3 Å². The predicted octanol–water partition coefficient (Wildman–Crippen LogP) is 5.27. The Labute approximate surface area is 186 Å². The predicted molar refractivity (Wildman–Crippen MR) is 126 cm³/mol. The van der Waals surface area contributed by atoms with Gasteiger partial charge in [0, 0.05) is 29.8 Å². The van der Waals surface area contributed by atoms with E-state index in [-0.39, 0.29) is 11.5 Å². The maximum atomic E-state index is 9.94. The molecule has 2 aromatic rings. The Morgan fingerprint density at radius 1 is 1.29 bits per heavy atom. The SMILES string of the molecule is CCc1nc2c(c(N3CCC3(C)C)n1)CCC(c1c([C@@H](C)CC)ccc(N)c1C#N)C2. The van der Waals surface area contributed by atoms with Gasteiger partial charge in [-0.2, -0.15) is 5.26 Å². The highest BCUT2D eigenvalue weighted by molar-refractivity contribution is 5.63. The summed E-state index contributed by atoms with van der Waals surface area (Å²) < 4.78 is 0. The minimum absolute atomic E-state index is 0.162. The van der Waals surface area contributed by atoms with Crippen LogP contribution in [-0.2, 0) is 19.3 Å². The van der Waals surface area contributed by atoms with Crippen molar-refractivity contribution in [2.24, 2.45) is 0 Å². The Hall–Kier alpha value is -2.61. The lowest BCUT2D eigenvalue weighted by molar-refractivity contribution is 0.326. The van der Waals surface area contributed by atoms with Crippen LogP contribution in [0.1, 0.15) is 99.5 Å². The second-order valence-corrected chi connectivity index (χ2v) is 9.85. The summed E-state index contributed by atoms with van der Waals surface area (Å²) in [6.45, 7) is 12.2. The molecule has 164 valence electrons. The van der Waals surface area contributed by atoms with Crippen LogP contribution >= 0.6 is 0 Å². The molecule has 2 atom stereocenters. The first-order valence-electron chi connectivity index (χ1n) is 11.8. The van der Waals surface area contributed by atoms with Gasteiger partial charge in [-0.15, -0.1) is 0 Å². The molecule has 1 aromatic carbocycles. The van der Waals surface area contributed by atoms with E-state index in [1.54, 1.807) is 0 Å². The van der Waals surface area contributed by atoms with Gasteiger partial charge in [0.25, 0.3) is 0 Å². The molecule has 1 aliphatic heterocycles. The largest absolute Gasteiger partial charge is 0.398 e. The monoisotopic (exact) mass is 417 g/mol. The summed E-state index contributed by atoms with van der Waals surface area (Å²) >= 11 is 0. The first-order chi connectivity index (χ1) is 14.8. The van der Waals surface area contributed by atoms with Crippen molar-refractivity contribution in [2.45, 2.75) is 90.5 Å². The summed E-state index contributed by atoms with van der Waals surface area (Å²) in [7, 11) is 0. The van der Waals surface area contributed by atoms with E-state index in [9.17, 15) is 5.26 Å². The number of nitrogen functional groups attached to an aromatic ring is 1. The number of hydrogen-bond donors (Lipinski definition) is 1. The molecular formula is C26H35N5. The molecule has 2 heterocycles. The third-order valence-corrected chi connectivity index (χ3v) is 7.52. The topological polar surface area (TPSA) is 78.8 Å². The second-order valence-electron chi connectivity index (χ2n) is 9.85. The highest BCUT2D eigenvalue weighted by Gasteiger charge is 2.39. The maximum absolute atomic E-state index is 9.94. The standard InChI is InChI=1S/C26H35N5/c1-6-16(3)18-10-11-21(28)20(15-27)24(18)17-8-9-19-22(14-17)29-23(7-2)30-25(19)31-13-12-26(31,4)5/h10-11,16-17H,6-9,12-14,28H2,1-5H3/t16-,17?/m0/s1. The number of hydrogen-bond acceptors (Lipinski definition) is 5. The summed E-state index contributed by atoms with van der Waals surface area (Å²) in [4.78, 5) is 12.4. The molecule has 0 saturated carbocycles. The molecule has 1 aliphatic carbocycles. The van der Waals surface area contributed by atoms with Gasteiger partial charge in [-0.25, -0.2) is 9.97 Å². The van der Waals surface area contributed by atoms with Gasteiger partial charge in [0.05, 0.1) is 11.3 Å². The van der Waals surface area contributed by atoms with Crippen molar-refractivity contribution in [3.63, 3.8) is 0 Å². The number of nitrogens with zero attached hydrogens (tertiary/aromatic N) is 4. The van der Waals surface area contributed by atoms with Gasteiger partial charge in [-0.05, 0) is 75.0 Å². The number of rotatable bonds is 5. The summed E-state index contributed by atoms with van der Waals surface area (Å²) in [5.41, 5.74) is 12.6. The molecule has 2 N–H and O–H groups in total. The number of aromatic nitrogens is 2. The fourth-order valence-electron chi connectivity index (χ4n) is 5.20. The summed E-state index contributed by atoms with van der Waals surface area (Å²) in [6.07, 6.45) is 5.88. The van der Waals surface area contributed by atoms with Crippen LogP contribution in [-0.4, -0.2) is 22.1 Å². The zero-order chi connectivity index (χ0) is 22.3. The van der Waals surface area contributed by atoms with Crippen LogP contribution < -0.4 is 10.6 Å². The minimum atomic E-state index is 0.162. The lowest BCUT2D eigenvalue weighted by Gasteiger charge is -2.50. The molecule has 0 spiro atoms. The molecule has 2 aliphatic rings. The second kappa shape index (κ2) is 8.15. The summed E-state index contributed by atoms with van der Waals surface area (Å²) in [6, 6.07) is 6.46. The van der Waals surface area contributed by atoms with E-state index >= 15 is 0 Å². The van der Waals surface area contributed by atoms with E-state index in [0.717, 1.165) is 55.9 Å². The van der Waals surface area contributed by atoms with Gasteiger partial charge in [0.15, 0.2) is 0 Å². The number of nitrogens with two attached hydrogens (primary N) is 1. The Kier molecular flexibility index (Phi) is 5.68. The summed E-state index contributed by atoms with van der Waals surface area (Å²) in [5, 5.41) is 9.94. The molecule has 1 saturated heterocycles. The lowest BCUT2D eigenvalue weighted by Crippen LogP contribution is -2.57. The van der Waals surface area contributed by atoms with Crippen molar-refractivity contribution in [1.29, 1.82) is 5.26 Å². The number of fused-ring (bicyclic) bond motifs is 1. The van der Waals surface area contributed by atoms with E-state index in [2.05, 4.69) is 51.7 Å². The van der Waals surface area contributed by atoms with Gasteiger partial charge in [-0.1, -0.05) is 26.8 Å². The average molecular weight is 418 g/mol. The van der Waals surface area contributed by atoms with E-state index in [1.807, 2.05) is 6.07 Å². The molecule has 1 aromatic heterocycles. The Bertz CT molecular complexity index is 1030. The Morgan fingerprint density at radius 2 is 2.06 bits per heavy atom. The van der Waals surface area contributed by atoms with E-state index in [4.69, 9.17) is 15.7 Å². The third kappa shape index (κ3) is 3.67. The van der Waals surface area contributed by atoms with Crippen LogP contribution in [0.2, 0.25) is 0 Å². The van der Waals surface area contributed by atoms with Crippen molar-refractivity contribution in [3.8, 4) is 6.07 Å². The average Bonchev–Trinajstić information content (AvgIpc) is 2.76. The molecule has 1 unspecified atom stereocenters. The first kappa shape index (κ1) is 21.6. The van der Waals surface area contributed by atoms with Crippen LogP contribution in [0.3, 0.4) is 0 Å². The van der Waals surface area contributed by atoms with Gasteiger partial charge < -0.3 is 10.6 Å². The Morgan fingerprint density at radius 3 is 2.65 bits per heavy atom. The maximum Gasteiger partial charge on any atom is 0.136 e. The zero-order valence-electron chi connectivity index (χ0n) is 19.6. The lowest BCUT2D eigenvalue weighted by atomic mass is 9.76. The first-order valence-corrected chi connectivity index (χ1v) is 11.8. The van der Waals surface area contributed by atoms with Crippen LogP contribution in [0.4, 0.5) is 11.5 Å². The van der Waals surface area contributed by atoms with Crippen LogP contribution in [0.25, 0.3) is 0 Å². The molecule has 5 heteroatoms. The molecular weight excluding hydrogens is 382 g/mol. The third-order valence-electron chi connectivity index (χ3n) is 7.52. The molecule has 0 radical (unpaired) electrons. The van der Waals surface area contributed by atoms with Crippen LogP contribution in [0.15, 0.2) is 12.1 Å². The van der Waals surface area contributed by atoms with Gasteiger partial charge in [0.1, 0.15) is 17.7 Å². The van der Waals surface area contributed by atoms with Gasteiger partial charge in [0.2, 0.25) is 0 Å². The van der Waals surface area contributed by atoms with Crippen molar-refractivity contribution < 1.29 is 0 Å². The molecule has 4 rings (SSSR count). The molecule has 5 nitrogen and oxygen atoms in total. The Balaban J connectivity index is 1.79. The highest BCUT2D eigenvalue weighted by Crippen LogP contribution is 2.43. The van der Waals surface area contributed by atoms with E-state index in [1.165, 1.54) is 23.2 Å². The number of nitriles is 1. The van der Waals surface area contributed by atoms with Crippen molar-refractivity contribution in [1.82, 2.24) is 9.97 Å². The van der Waals surface area contributed by atoms with E-state index < -0.39 is 0 Å². The van der Waals surface area contributed by atoms with Gasteiger partial charge >= 0.3 is 0 Å². The summed E-state index contributed by atoms with van der Waals surface area (Å²) in [5.74, 6) is 2.74. The van der Waals surface area contributed by atoms with E-state index in [0.29, 0.717) is 17.2 Å². The number of anilines is 2. The normalized spacial score (nSPS) is 20.5.